The molecule has 0 saturated carbocycles. The van der Waals surface area contributed by atoms with Gasteiger partial charge in [0.1, 0.15) is 0 Å². The van der Waals surface area contributed by atoms with Gasteiger partial charge >= 0.3 is 0 Å². The number of fused-ring (bicyclic) bond motifs is 1. The molecule has 3 amide bonds. The Kier molecular flexibility index (Phi) is 42.5. The third-order valence-electron chi connectivity index (χ3n) is 17.7. The van der Waals surface area contributed by atoms with Crippen molar-refractivity contribution in [2.24, 2.45) is 4.99 Å². The Bertz CT molecular complexity index is 1920. The van der Waals surface area contributed by atoms with Gasteiger partial charge in [0, 0.05) is 49.1 Å². The molecule has 2 aromatic carbocycles. The van der Waals surface area contributed by atoms with Crippen LogP contribution < -0.4 is 14.2 Å². The quantitative estimate of drug-likeness (QED) is 0.0612. The predicted molar refractivity (Wildman–Crippen MR) is 352 cm³/mol. The molecule has 0 radical (unpaired) electrons. The number of hydrogen-bond acceptors (Lipinski definition) is 6. The average molecular weight is 1150 g/mol. The molecule has 0 aliphatic carbocycles. The van der Waals surface area contributed by atoms with Gasteiger partial charge in [-0.3, -0.25) is 14.4 Å². The van der Waals surface area contributed by atoms with Gasteiger partial charge < -0.3 is 24.0 Å². The zero-order valence-corrected chi connectivity index (χ0v) is 54.1. The predicted octanol–water partition coefficient (Wildman–Crippen LogP) is 21.8. The third-order valence-corrected chi connectivity index (χ3v) is 17.7. The molecule has 1 saturated heterocycles. The summed E-state index contributed by atoms with van der Waals surface area (Å²) in [6, 6.07) is 8.93. The van der Waals surface area contributed by atoms with Crippen LogP contribution in [0.15, 0.2) is 35.3 Å². The Balaban J connectivity index is 1.31. The number of unbranched alkanes of at least 4 members (excludes halogenated alkanes) is 45. The topological polar surface area (TPSA) is 97.7 Å². The van der Waals surface area contributed by atoms with E-state index in [-0.39, 0.29) is 17.7 Å². The molecule has 9 heteroatoms. The lowest BCUT2D eigenvalue weighted by atomic mass is 10.0. The number of hydrogen-bond donors (Lipinski definition) is 0. The summed E-state index contributed by atoms with van der Waals surface area (Å²) in [5.41, 5.74) is 2.26. The molecule has 472 valence electrons. The second kappa shape index (κ2) is 49.3. The van der Waals surface area contributed by atoms with Crippen LogP contribution in [0.25, 0.3) is 0 Å². The molecule has 0 aromatic heterocycles. The highest BCUT2D eigenvalue weighted by atomic mass is 16.5. The summed E-state index contributed by atoms with van der Waals surface area (Å²) in [4.78, 5) is 47.8. The van der Waals surface area contributed by atoms with E-state index in [9.17, 15) is 14.4 Å². The number of rotatable bonds is 56. The van der Waals surface area contributed by atoms with Crippen molar-refractivity contribution in [1.29, 1.82) is 0 Å². The Hall–Kier alpha value is -3.88. The van der Waals surface area contributed by atoms with E-state index in [1.54, 1.807) is 23.1 Å². The molecule has 83 heavy (non-hydrogen) atoms. The summed E-state index contributed by atoms with van der Waals surface area (Å²) in [6.45, 7) is 10.3. The van der Waals surface area contributed by atoms with Crippen LogP contribution in [-0.2, 0) is 0 Å². The fourth-order valence-corrected chi connectivity index (χ4v) is 12.2. The van der Waals surface area contributed by atoms with Crippen molar-refractivity contribution < 1.29 is 28.6 Å². The number of nitrogens with zero attached hydrogens (tertiary/aromatic N) is 3. The van der Waals surface area contributed by atoms with Crippen molar-refractivity contribution >= 4 is 23.9 Å². The van der Waals surface area contributed by atoms with Crippen LogP contribution in [0.1, 0.15) is 366 Å². The minimum absolute atomic E-state index is 0.0896. The van der Waals surface area contributed by atoms with Crippen LogP contribution in [0.2, 0.25) is 0 Å². The second-order valence-corrected chi connectivity index (χ2v) is 25.2. The van der Waals surface area contributed by atoms with Gasteiger partial charge in [0.05, 0.1) is 25.4 Å². The van der Waals surface area contributed by atoms with Gasteiger partial charge in [-0.25, -0.2) is 4.99 Å². The van der Waals surface area contributed by atoms with Crippen LogP contribution in [0.5, 0.6) is 17.2 Å². The number of aliphatic imine (C=N–C) groups is 1. The SMILES string of the molecule is CCCCCCCCCCCCCCCCCCOc1cc(C(=O)N2CCN(C(=O)c3ccc4c(c3)C=NC4=O)CC2)cc(OCCCCCCCCCCCCCCCCCC)c1OCCCCCCCCCCCCCCCCCC. The molecule has 9 nitrogen and oxygen atoms in total. The molecule has 2 heterocycles. The van der Waals surface area contributed by atoms with Crippen LogP contribution in [-0.4, -0.2) is 79.7 Å². The fourth-order valence-electron chi connectivity index (χ4n) is 12.2. The third kappa shape index (κ3) is 33.0. The van der Waals surface area contributed by atoms with Crippen molar-refractivity contribution in [3.8, 4) is 17.2 Å². The molecule has 0 spiro atoms. The Morgan fingerprint density at radius 1 is 0.361 bits per heavy atom. The van der Waals surface area contributed by atoms with E-state index < -0.39 is 0 Å². The molecule has 0 N–H and O–H groups in total. The van der Waals surface area contributed by atoms with E-state index in [0.717, 1.165) is 38.5 Å². The minimum Gasteiger partial charge on any atom is -0.490 e. The number of benzene rings is 2. The average Bonchev–Trinajstić information content (AvgIpc) is 4.14. The first-order valence-electron chi connectivity index (χ1n) is 35.8. The number of carbonyl (C=O) groups is 3. The van der Waals surface area contributed by atoms with Gasteiger partial charge in [-0.15, -0.1) is 0 Å². The van der Waals surface area contributed by atoms with Crippen molar-refractivity contribution in [1.82, 2.24) is 9.80 Å². The summed E-state index contributed by atoms with van der Waals surface area (Å²) in [5, 5.41) is 0. The normalized spacial score (nSPS) is 13.1. The Morgan fingerprint density at radius 3 is 0.952 bits per heavy atom. The first-order valence-corrected chi connectivity index (χ1v) is 35.8. The molecular weight excluding hydrogens is 1030 g/mol. The van der Waals surface area contributed by atoms with Crippen LogP contribution in [0, 0.1) is 0 Å². The molecule has 2 aliphatic heterocycles. The van der Waals surface area contributed by atoms with Gasteiger partial charge in [-0.2, -0.15) is 0 Å². The smallest absolute Gasteiger partial charge is 0.277 e. The molecule has 2 aliphatic rings. The molecule has 0 bridgehead atoms. The lowest BCUT2D eigenvalue weighted by Crippen LogP contribution is -2.50. The first-order chi connectivity index (χ1) is 41.0. The largest absolute Gasteiger partial charge is 0.490 e. The minimum atomic E-state index is -0.274. The highest BCUT2D eigenvalue weighted by molar-refractivity contribution is 6.14. The summed E-state index contributed by atoms with van der Waals surface area (Å²) >= 11 is 0. The number of amides is 3. The van der Waals surface area contributed by atoms with E-state index in [4.69, 9.17) is 14.2 Å². The van der Waals surface area contributed by atoms with Gasteiger partial charge in [0.25, 0.3) is 17.7 Å². The zero-order chi connectivity index (χ0) is 58.9. The van der Waals surface area contributed by atoms with E-state index in [1.807, 2.05) is 17.0 Å². The highest BCUT2D eigenvalue weighted by Gasteiger charge is 2.29. The second-order valence-electron chi connectivity index (χ2n) is 25.2. The Labute approximate surface area is 509 Å². The molecule has 4 rings (SSSR count). The number of carbonyl (C=O) groups excluding carboxylic acids is 3. The first kappa shape index (κ1) is 71.6. The van der Waals surface area contributed by atoms with Crippen molar-refractivity contribution in [2.75, 3.05) is 46.0 Å². The van der Waals surface area contributed by atoms with Crippen LogP contribution >= 0.6 is 0 Å². The standard InChI is InChI=1S/C74H125N3O6/c1-4-7-10-13-16-19-22-25-28-31-34-37-40-43-46-49-58-81-69-62-66(74(80)77-56-54-76(55-57-77)73(79)65-52-53-68-67(61-65)64-75-72(68)78)63-70(82-59-50-47-44-41-38-35-32-29-26-23-20-17-14-11-8-5-2)71(69)83-60-51-48-45-42-39-36-33-30-27-24-21-18-15-12-9-6-3/h52-53,61-64H,4-51,54-60H2,1-3H3. The van der Waals surface area contributed by atoms with E-state index >= 15 is 0 Å². The molecule has 1 fully saturated rings. The maximum absolute atomic E-state index is 14.5. The monoisotopic (exact) mass is 1150 g/mol. The lowest BCUT2D eigenvalue weighted by molar-refractivity contribution is 0.0535. The van der Waals surface area contributed by atoms with Crippen molar-refractivity contribution in [3.63, 3.8) is 0 Å². The fraction of sp³-hybridized carbons (Fsp3) is 0.784. The van der Waals surface area contributed by atoms with Crippen LogP contribution in [0.3, 0.4) is 0 Å². The molecule has 0 atom stereocenters. The van der Waals surface area contributed by atoms with Gasteiger partial charge in [-0.1, -0.05) is 310 Å². The maximum Gasteiger partial charge on any atom is 0.277 e. The van der Waals surface area contributed by atoms with Gasteiger partial charge in [0.2, 0.25) is 5.75 Å². The molecular formula is C74H125N3O6. The zero-order valence-electron chi connectivity index (χ0n) is 54.1. The van der Waals surface area contributed by atoms with Gasteiger partial charge in [0.15, 0.2) is 11.5 Å². The summed E-state index contributed by atoms with van der Waals surface area (Å²) in [6.07, 6.45) is 65.0. The van der Waals surface area contributed by atoms with Crippen molar-refractivity contribution in [3.05, 3.63) is 52.6 Å². The number of piperazine rings is 1. The van der Waals surface area contributed by atoms with E-state index in [2.05, 4.69) is 25.8 Å². The van der Waals surface area contributed by atoms with Crippen molar-refractivity contribution in [2.45, 2.75) is 329 Å². The summed E-state index contributed by atoms with van der Waals surface area (Å²) < 4.78 is 20.0. The highest BCUT2D eigenvalue weighted by Crippen LogP contribution is 2.40. The van der Waals surface area contributed by atoms with Gasteiger partial charge in [-0.05, 0) is 49.6 Å². The number of ether oxygens (including phenoxy) is 3. The lowest BCUT2D eigenvalue weighted by Gasteiger charge is -2.35. The summed E-state index contributed by atoms with van der Waals surface area (Å²) in [7, 11) is 0. The van der Waals surface area contributed by atoms with E-state index in [1.165, 1.54) is 276 Å². The maximum atomic E-state index is 14.5. The Morgan fingerprint density at radius 2 is 0.639 bits per heavy atom. The van der Waals surface area contributed by atoms with E-state index in [0.29, 0.717) is 85.5 Å². The molecule has 0 unspecified atom stereocenters. The molecule has 2 aromatic rings. The summed E-state index contributed by atoms with van der Waals surface area (Å²) in [5.74, 6) is 1.36. The van der Waals surface area contributed by atoms with Crippen LogP contribution in [0.4, 0.5) is 0 Å².